The van der Waals surface area contributed by atoms with E-state index in [0.29, 0.717) is 6.07 Å². The highest BCUT2D eigenvalue weighted by Crippen LogP contribution is 2.42. The predicted molar refractivity (Wildman–Crippen MR) is 110 cm³/mol. The number of nitriles is 1. The number of nitrogens with zero attached hydrogens (tertiary/aromatic N) is 1. The summed E-state index contributed by atoms with van der Waals surface area (Å²) in [4.78, 5) is 23.7. The molecule has 0 radical (unpaired) electrons. The fraction of sp³-hybridized carbons (Fsp3) is 0.318. The summed E-state index contributed by atoms with van der Waals surface area (Å²) in [6.45, 7) is 1.19. The van der Waals surface area contributed by atoms with Gasteiger partial charge in [0.2, 0.25) is 11.8 Å². The van der Waals surface area contributed by atoms with Crippen LogP contribution in [0.25, 0.3) is 0 Å². The molecule has 1 saturated heterocycles. The van der Waals surface area contributed by atoms with Gasteiger partial charge in [0.15, 0.2) is 0 Å². The lowest BCUT2D eigenvalue weighted by molar-refractivity contribution is -0.156. The van der Waals surface area contributed by atoms with Crippen LogP contribution in [0.1, 0.15) is 36.0 Å². The topological polar surface area (TPSA) is 94.0 Å². The summed E-state index contributed by atoms with van der Waals surface area (Å²) in [5, 5.41) is 15.5. The van der Waals surface area contributed by atoms with Gasteiger partial charge in [0.1, 0.15) is 11.9 Å². The van der Waals surface area contributed by atoms with Gasteiger partial charge in [-0.1, -0.05) is 6.07 Å². The molecule has 1 heterocycles. The Hall–Kier alpha value is -3.66. The largest absolute Gasteiger partial charge is 0.417 e. The Morgan fingerprint density at radius 3 is 2.29 bits per heavy atom. The van der Waals surface area contributed by atoms with E-state index < -0.39 is 65.5 Å². The van der Waals surface area contributed by atoms with E-state index >= 15 is 0 Å². The van der Waals surface area contributed by atoms with E-state index in [1.165, 1.54) is 19.1 Å². The first kappa shape index (κ1) is 26.0. The van der Waals surface area contributed by atoms with Crippen LogP contribution in [0, 0.1) is 17.1 Å². The molecule has 0 spiro atoms. The fourth-order valence-corrected chi connectivity index (χ4v) is 3.87. The van der Waals surface area contributed by atoms with Crippen molar-refractivity contribution >= 4 is 23.2 Å². The van der Waals surface area contributed by atoms with Gasteiger partial charge >= 0.3 is 12.4 Å². The lowest BCUT2D eigenvalue weighted by Crippen LogP contribution is -2.46. The maximum Gasteiger partial charge on any atom is 0.417 e. The van der Waals surface area contributed by atoms with E-state index in [4.69, 9.17) is 5.26 Å². The zero-order chi connectivity index (χ0) is 26.1. The van der Waals surface area contributed by atoms with Gasteiger partial charge in [-0.25, -0.2) is 4.39 Å². The molecule has 3 N–H and O–H groups in total. The average Bonchev–Trinajstić information content (AvgIpc) is 3.20. The molecule has 13 heteroatoms. The summed E-state index contributed by atoms with van der Waals surface area (Å²) in [7, 11) is 0. The monoisotopic (exact) mass is 502 g/mol. The first-order valence-corrected chi connectivity index (χ1v) is 10.0. The van der Waals surface area contributed by atoms with E-state index in [9.17, 15) is 40.3 Å². The van der Waals surface area contributed by atoms with Gasteiger partial charge in [-0.05, 0) is 42.3 Å². The molecule has 2 amide bonds. The zero-order valence-electron chi connectivity index (χ0n) is 17.8. The Morgan fingerprint density at radius 1 is 1.06 bits per heavy atom. The quantitative estimate of drug-likeness (QED) is 0.529. The summed E-state index contributed by atoms with van der Waals surface area (Å²) in [5.74, 6) is -4.05. The third-order valence-electron chi connectivity index (χ3n) is 5.39. The van der Waals surface area contributed by atoms with Crippen LogP contribution >= 0.6 is 0 Å². The molecule has 2 aromatic carbocycles. The first-order chi connectivity index (χ1) is 16.2. The highest BCUT2D eigenvalue weighted by molar-refractivity contribution is 5.96. The Bertz CT molecular complexity index is 1190. The molecule has 1 unspecified atom stereocenters. The highest BCUT2D eigenvalue weighted by Gasteiger charge is 2.52. The summed E-state index contributed by atoms with van der Waals surface area (Å²) in [6, 6.07) is 2.99. The van der Waals surface area contributed by atoms with Crippen molar-refractivity contribution in [3.8, 4) is 6.07 Å². The molecule has 1 aliphatic heterocycles. The Kier molecular flexibility index (Phi) is 7.07. The summed E-state index contributed by atoms with van der Waals surface area (Å²) < 4.78 is 95.3. The number of nitrogens with one attached hydrogen (secondary N) is 3. The zero-order valence-corrected chi connectivity index (χ0v) is 17.8. The van der Waals surface area contributed by atoms with Crippen molar-refractivity contribution in [1.82, 2.24) is 5.32 Å². The summed E-state index contributed by atoms with van der Waals surface area (Å²) in [5.41, 5.74) is -2.76. The van der Waals surface area contributed by atoms with Crippen LogP contribution in [0.4, 0.5) is 42.1 Å². The Labute approximate surface area is 194 Å². The molecule has 3 rings (SSSR count). The molecule has 0 aliphatic carbocycles. The van der Waals surface area contributed by atoms with Crippen molar-refractivity contribution < 1.29 is 40.3 Å². The highest BCUT2D eigenvalue weighted by atomic mass is 19.4. The van der Waals surface area contributed by atoms with Gasteiger partial charge in [-0.3, -0.25) is 14.9 Å². The van der Waals surface area contributed by atoms with Crippen LogP contribution in [0.2, 0.25) is 0 Å². The standard InChI is InChI=1S/C22H17F7N4O2/c1-10(34)31-13-4-5-17(16(23)7-13)33-20(35)18-8-14(19(32-18)22(27,28)29)11-2-3-12(9-30)15(6-11)21(24,25)26/h2-7,14,18-19,32H,8H2,1H3,(H,31,34)(H,33,35)/t14?,18-,19+/m0/s1. The van der Waals surface area contributed by atoms with Gasteiger partial charge in [0.05, 0.1) is 28.9 Å². The number of halogens is 7. The summed E-state index contributed by atoms with van der Waals surface area (Å²) in [6.07, 6.45) is -10.4. The molecule has 2 aromatic rings. The van der Waals surface area contributed by atoms with Crippen LogP contribution in [0.15, 0.2) is 36.4 Å². The molecule has 0 aromatic heterocycles. The molecule has 0 bridgehead atoms. The number of anilines is 2. The second-order valence-electron chi connectivity index (χ2n) is 7.86. The number of hydrogen-bond donors (Lipinski definition) is 3. The minimum absolute atomic E-state index is 0.0884. The maximum atomic E-state index is 14.3. The number of hydrogen-bond acceptors (Lipinski definition) is 4. The molecular weight excluding hydrogens is 485 g/mol. The predicted octanol–water partition coefficient (Wildman–Crippen LogP) is 4.69. The Balaban J connectivity index is 1.87. The SMILES string of the molecule is CC(=O)Nc1ccc(NC(=O)[C@@H]2CC(c3ccc(C#N)c(C(F)(F)F)c3)[C@H](C(F)(F)F)N2)c(F)c1. The maximum absolute atomic E-state index is 14.3. The van der Waals surface area contributed by atoms with Crippen molar-refractivity contribution in [3.05, 3.63) is 58.9 Å². The van der Waals surface area contributed by atoms with Gasteiger partial charge in [-0.2, -0.15) is 31.6 Å². The van der Waals surface area contributed by atoms with Crippen LogP contribution < -0.4 is 16.0 Å². The first-order valence-electron chi connectivity index (χ1n) is 10.0. The van der Waals surface area contributed by atoms with E-state index in [1.54, 1.807) is 0 Å². The summed E-state index contributed by atoms with van der Waals surface area (Å²) >= 11 is 0. The van der Waals surface area contributed by atoms with Gasteiger partial charge in [0.25, 0.3) is 0 Å². The molecule has 6 nitrogen and oxygen atoms in total. The number of benzene rings is 2. The van der Waals surface area contributed by atoms with Crippen LogP contribution in [-0.4, -0.2) is 30.1 Å². The van der Waals surface area contributed by atoms with Crippen LogP contribution in [-0.2, 0) is 15.8 Å². The third-order valence-corrected chi connectivity index (χ3v) is 5.39. The normalized spacial score (nSPS) is 20.3. The second kappa shape index (κ2) is 9.53. The molecular formula is C22H17F7N4O2. The number of alkyl halides is 6. The van der Waals surface area contributed by atoms with Crippen molar-refractivity contribution in [1.29, 1.82) is 5.26 Å². The molecule has 1 fully saturated rings. The van der Waals surface area contributed by atoms with Crippen LogP contribution in [0.5, 0.6) is 0 Å². The number of carbonyl (C=O) groups is 2. The lowest BCUT2D eigenvalue weighted by Gasteiger charge is -2.23. The minimum atomic E-state index is -4.97. The van der Waals surface area contributed by atoms with Gasteiger partial charge in [-0.15, -0.1) is 0 Å². The number of rotatable bonds is 4. The van der Waals surface area contributed by atoms with E-state index in [-0.39, 0.29) is 16.9 Å². The van der Waals surface area contributed by atoms with Crippen molar-refractivity contribution in [3.63, 3.8) is 0 Å². The molecule has 0 saturated carbocycles. The van der Waals surface area contributed by atoms with Crippen molar-refractivity contribution in [2.75, 3.05) is 10.6 Å². The average molecular weight is 502 g/mol. The molecule has 1 aliphatic rings. The molecule has 3 atom stereocenters. The lowest BCUT2D eigenvalue weighted by atomic mass is 9.88. The number of carbonyl (C=O) groups excluding carboxylic acids is 2. The van der Waals surface area contributed by atoms with Crippen molar-refractivity contribution in [2.45, 2.75) is 43.7 Å². The van der Waals surface area contributed by atoms with E-state index in [1.807, 2.05) is 0 Å². The molecule has 35 heavy (non-hydrogen) atoms. The minimum Gasteiger partial charge on any atom is -0.326 e. The fourth-order valence-electron chi connectivity index (χ4n) is 3.87. The van der Waals surface area contributed by atoms with Gasteiger partial charge < -0.3 is 10.6 Å². The van der Waals surface area contributed by atoms with E-state index in [0.717, 1.165) is 24.3 Å². The van der Waals surface area contributed by atoms with Crippen LogP contribution in [0.3, 0.4) is 0 Å². The molecule has 186 valence electrons. The smallest absolute Gasteiger partial charge is 0.326 e. The third kappa shape index (κ3) is 5.89. The number of amides is 2. The van der Waals surface area contributed by atoms with Crippen molar-refractivity contribution in [2.24, 2.45) is 0 Å². The van der Waals surface area contributed by atoms with E-state index in [2.05, 4.69) is 16.0 Å². The second-order valence-corrected chi connectivity index (χ2v) is 7.86. The Morgan fingerprint density at radius 2 is 1.74 bits per heavy atom. The van der Waals surface area contributed by atoms with Gasteiger partial charge in [0, 0.05) is 18.5 Å².